The molecule has 0 bridgehead atoms. The first-order valence-electron chi connectivity index (χ1n) is 9.70. The van der Waals surface area contributed by atoms with Crippen molar-refractivity contribution in [2.24, 2.45) is 0 Å². The molecule has 0 N–H and O–H groups in total. The highest BCUT2D eigenvalue weighted by Gasteiger charge is 2.22. The van der Waals surface area contributed by atoms with Crippen LogP contribution >= 0.6 is 0 Å². The SMILES string of the molecule is O=C(CCc1ccccc1)N1CCN(Cc2nnc(-c3ccccc3)o2)CC1. The van der Waals surface area contributed by atoms with Crippen LogP contribution in [0.1, 0.15) is 17.9 Å². The quantitative estimate of drug-likeness (QED) is 0.662. The topological polar surface area (TPSA) is 62.5 Å². The fourth-order valence-electron chi connectivity index (χ4n) is 3.42. The maximum Gasteiger partial charge on any atom is 0.247 e. The number of hydrogen-bond donors (Lipinski definition) is 0. The number of aromatic nitrogens is 2. The van der Waals surface area contributed by atoms with Crippen molar-refractivity contribution in [3.63, 3.8) is 0 Å². The lowest BCUT2D eigenvalue weighted by atomic mass is 10.1. The van der Waals surface area contributed by atoms with Crippen LogP contribution in [-0.4, -0.2) is 52.1 Å². The molecule has 0 atom stereocenters. The van der Waals surface area contributed by atoms with E-state index in [-0.39, 0.29) is 5.91 Å². The Bertz CT molecular complexity index is 887. The minimum absolute atomic E-state index is 0.229. The number of carbonyl (C=O) groups is 1. The minimum Gasteiger partial charge on any atom is -0.419 e. The van der Waals surface area contributed by atoms with Gasteiger partial charge in [-0.1, -0.05) is 48.5 Å². The van der Waals surface area contributed by atoms with Gasteiger partial charge in [-0.2, -0.15) is 0 Å². The van der Waals surface area contributed by atoms with Gasteiger partial charge < -0.3 is 9.32 Å². The van der Waals surface area contributed by atoms with Crippen LogP contribution in [0.2, 0.25) is 0 Å². The van der Waals surface area contributed by atoms with Crippen molar-refractivity contribution in [2.45, 2.75) is 19.4 Å². The van der Waals surface area contributed by atoms with Crippen molar-refractivity contribution in [3.8, 4) is 11.5 Å². The van der Waals surface area contributed by atoms with E-state index in [1.165, 1.54) is 5.56 Å². The lowest BCUT2D eigenvalue weighted by Gasteiger charge is -2.34. The van der Waals surface area contributed by atoms with E-state index in [9.17, 15) is 4.79 Å². The van der Waals surface area contributed by atoms with E-state index in [4.69, 9.17) is 4.42 Å². The normalized spacial score (nSPS) is 14.9. The first kappa shape index (κ1) is 18.4. The Morgan fingerprint density at radius 3 is 2.29 bits per heavy atom. The zero-order valence-electron chi connectivity index (χ0n) is 15.8. The molecule has 4 rings (SSSR count). The van der Waals surface area contributed by atoms with Crippen LogP contribution in [0.4, 0.5) is 0 Å². The first-order chi connectivity index (χ1) is 13.8. The van der Waals surface area contributed by atoms with Gasteiger partial charge in [0.1, 0.15) is 0 Å². The summed E-state index contributed by atoms with van der Waals surface area (Å²) in [6.45, 7) is 3.74. The molecule has 1 fully saturated rings. The lowest BCUT2D eigenvalue weighted by molar-refractivity contribution is -0.133. The Labute approximate surface area is 164 Å². The molecule has 1 aliphatic heterocycles. The fraction of sp³-hybridized carbons (Fsp3) is 0.318. The summed E-state index contributed by atoms with van der Waals surface area (Å²) in [4.78, 5) is 16.7. The largest absolute Gasteiger partial charge is 0.419 e. The summed E-state index contributed by atoms with van der Waals surface area (Å²) in [6.07, 6.45) is 1.36. The van der Waals surface area contributed by atoms with E-state index < -0.39 is 0 Å². The van der Waals surface area contributed by atoms with Crippen LogP contribution in [0.15, 0.2) is 65.1 Å². The highest BCUT2D eigenvalue weighted by Crippen LogP contribution is 2.18. The number of amides is 1. The van der Waals surface area contributed by atoms with E-state index >= 15 is 0 Å². The number of aryl methyl sites for hydroxylation is 1. The van der Waals surface area contributed by atoms with Gasteiger partial charge in [0.05, 0.1) is 6.54 Å². The predicted octanol–water partition coefficient (Wildman–Crippen LogP) is 3.01. The van der Waals surface area contributed by atoms with Gasteiger partial charge in [0.25, 0.3) is 0 Å². The van der Waals surface area contributed by atoms with Crippen molar-refractivity contribution in [2.75, 3.05) is 26.2 Å². The second kappa shape index (κ2) is 8.80. The summed E-state index contributed by atoms with van der Waals surface area (Å²) in [7, 11) is 0. The van der Waals surface area contributed by atoms with Gasteiger partial charge >= 0.3 is 0 Å². The van der Waals surface area contributed by atoms with Gasteiger partial charge in [0.2, 0.25) is 17.7 Å². The molecule has 28 heavy (non-hydrogen) atoms. The van der Waals surface area contributed by atoms with E-state index in [1.807, 2.05) is 53.4 Å². The molecule has 6 heteroatoms. The molecular formula is C22H24N4O2. The van der Waals surface area contributed by atoms with Gasteiger partial charge in [-0.15, -0.1) is 10.2 Å². The summed E-state index contributed by atoms with van der Waals surface area (Å²) in [5, 5.41) is 8.31. The Morgan fingerprint density at radius 2 is 1.57 bits per heavy atom. The Balaban J connectivity index is 1.24. The smallest absolute Gasteiger partial charge is 0.247 e. The van der Waals surface area contributed by atoms with E-state index in [2.05, 4.69) is 27.2 Å². The third-order valence-corrected chi connectivity index (χ3v) is 5.04. The van der Waals surface area contributed by atoms with Crippen LogP contribution in [0, 0.1) is 0 Å². The summed E-state index contributed by atoms with van der Waals surface area (Å²) < 4.78 is 5.79. The molecule has 1 amide bonds. The molecular weight excluding hydrogens is 352 g/mol. The van der Waals surface area contributed by atoms with Crippen LogP contribution in [0.5, 0.6) is 0 Å². The highest BCUT2D eigenvalue weighted by molar-refractivity contribution is 5.76. The number of carbonyl (C=O) groups excluding carboxylic acids is 1. The van der Waals surface area contributed by atoms with E-state index in [1.54, 1.807) is 0 Å². The monoisotopic (exact) mass is 376 g/mol. The molecule has 3 aromatic rings. The summed E-state index contributed by atoms with van der Waals surface area (Å²) in [5.41, 5.74) is 2.13. The van der Waals surface area contributed by atoms with Gasteiger partial charge in [0.15, 0.2) is 0 Å². The van der Waals surface area contributed by atoms with E-state index in [0.717, 1.165) is 38.2 Å². The van der Waals surface area contributed by atoms with Crippen molar-refractivity contribution >= 4 is 5.91 Å². The maximum atomic E-state index is 12.5. The standard InChI is InChI=1S/C22H24N4O2/c27-21(12-11-18-7-3-1-4-8-18)26-15-13-25(14-16-26)17-20-23-24-22(28-20)19-9-5-2-6-10-19/h1-10H,11-17H2. The van der Waals surface area contributed by atoms with Crippen molar-refractivity contribution < 1.29 is 9.21 Å². The lowest BCUT2D eigenvalue weighted by Crippen LogP contribution is -2.48. The number of nitrogens with zero attached hydrogens (tertiary/aromatic N) is 4. The second-order valence-electron chi connectivity index (χ2n) is 7.01. The predicted molar refractivity (Wildman–Crippen MR) is 106 cm³/mol. The molecule has 1 aromatic heterocycles. The fourth-order valence-corrected chi connectivity index (χ4v) is 3.42. The zero-order chi connectivity index (χ0) is 19.2. The number of piperazine rings is 1. The Morgan fingerprint density at radius 1 is 0.893 bits per heavy atom. The van der Waals surface area contributed by atoms with E-state index in [0.29, 0.717) is 24.7 Å². The number of benzene rings is 2. The summed E-state index contributed by atoms with van der Waals surface area (Å²) in [5.74, 6) is 1.39. The summed E-state index contributed by atoms with van der Waals surface area (Å²) in [6, 6.07) is 19.9. The molecule has 0 radical (unpaired) electrons. The van der Waals surface area contributed by atoms with Crippen molar-refractivity contribution in [3.05, 3.63) is 72.1 Å². The average Bonchev–Trinajstić information content (AvgIpc) is 3.22. The van der Waals surface area contributed by atoms with Gasteiger partial charge in [-0.3, -0.25) is 9.69 Å². The molecule has 2 heterocycles. The molecule has 1 saturated heterocycles. The number of rotatable bonds is 6. The maximum absolute atomic E-state index is 12.5. The van der Waals surface area contributed by atoms with Crippen LogP contribution in [0.25, 0.3) is 11.5 Å². The molecule has 0 spiro atoms. The van der Waals surface area contributed by atoms with Crippen LogP contribution in [-0.2, 0) is 17.8 Å². The van der Waals surface area contributed by atoms with Gasteiger partial charge in [0, 0.05) is 38.2 Å². The molecule has 6 nitrogen and oxygen atoms in total. The zero-order valence-corrected chi connectivity index (χ0v) is 15.8. The minimum atomic E-state index is 0.229. The van der Waals surface area contributed by atoms with Gasteiger partial charge in [-0.25, -0.2) is 0 Å². The highest BCUT2D eigenvalue weighted by atomic mass is 16.4. The molecule has 0 saturated carbocycles. The Kier molecular flexibility index (Phi) is 5.77. The first-order valence-corrected chi connectivity index (χ1v) is 9.70. The average molecular weight is 376 g/mol. The Hall–Kier alpha value is -2.99. The third kappa shape index (κ3) is 4.64. The van der Waals surface area contributed by atoms with Crippen LogP contribution in [0.3, 0.4) is 0 Å². The molecule has 1 aliphatic rings. The van der Waals surface area contributed by atoms with Crippen molar-refractivity contribution in [1.29, 1.82) is 0 Å². The third-order valence-electron chi connectivity index (χ3n) is 5.04. The molecule has 2 aromatic carbocycles. The van der Waals surface area contributed by atoms with Crippen molar-refractivity contribution in [1.82, 2.24) is 20.0 Å². The number of hydrogen-bond acceptors (Lipinski definition) is 5. The van der Waals surface area contributed by atoms with Crippen LogP contribution < -0.4 is 0 Å². The van der Waals surface area contributed by atoms with Gasteiger partial charge in [-0.05, 0) is 24.1 Å². The molecule has 0 aliphatic carbocycles. The second-order valence-corrected chi connectivity index (χ2v) is 7.01. The molecule has 144 valence electrons. The molecule has 0 unspecified atom stereocenters. The summed E-state index contributed by atoms with van der Waals surface area (Å²) >= 11 is 0.